The van der Waals surface area contributed by atoms with Gasteiger partial charge in [0.1, 0.15) is 0 Å². The zero-order chi connectivity index (χ0) is 21.6. The number of hydrogen-bond acceptors (Lipinski definition) is 6. The molecular weight excluding hydrogens is 452 g/mol. The molecule has 0 fully saturated rings. The molecule has 3 N–H and O–H groups in total. The Morgan fingerprint density at radius 2 is 1.87 bits per heavy atom. The van der Waals surface area contributed by atoms with Gasteiger partial charge in [-0.3, -0.25) is 0 Å². The summed E-state index contributed by atoms with van der Waals surface area (Å²) >= 11 is 7.79. The topological polar surface area (TPSA) is 98.0 Å². The number of benzene rings is 2. The third kappa shape index (κ3) is 4.07. The van der Waals surface area contributed by atoms with E-state index in [-0.39, 0.29) is 4.90 Å². The number of thiophene rings is 1. The minimum Gasteiger partial charge on any atom is -0.324 e. The van der Waals surface area contributed by atoms with Gasteiger partial charge in [0.05, 0.1) is 10.6 Å². The molecule has 0 atom stereocenters. The van der Waals surface area contributed by atoms with Gasteiger partial charge in [-0.15, -0.1) is 11.3 Å². The fourth-order valence-corrected chi connectivity index (χ4v) is 5.43. The quantitative estimate of drug-likeness (QED) is 0.438. The number of halogens is 1. The van der Waals surface area contributed by atoms with Crippen molar-refractivity contribution < 1.29 is 8.42 Å². The van der Waals surface area contributed by atoms with Crippen LogP contribution in [-0.2, 0) is 22.9 Å². The zero-order valence-electron chi connectivity index (χ0n) is 16.2. The molecule has 2 aromatic carbocycles. The average Bonchev–Trinajstić information content (AvgIpc) is 3.19. The summed E-state index contributed by atoms with van der Waals surface area (Å²) in [5.41, 5.74) is 4.78. The number of nitrogens with one attached hydrogen (secondary N) is 1. The number of hydrogen-bond donors (Lipinski definition) is 2. The second kappa shape index (κ2) is 7.72. The van der Waals surface area contributed by atoms with Crippen LogP contribution in [0.3, 0.4) is 0 Å². The lowest BCUT2D eigenvalue weighted by atomic mass is 9.96. The summed E-state index contributed by atoms with van der Waals surface area (Å²) < 4.78 is 23.2. The van der Waals surface area contributed by atoms with Crippen LogP contribution >= 0.6 is 22.9 Å². The van der Waals surface area contributed by atoms with Gasteiger partial charge in [-0.1, -0.05) is 29.8 Å². The fourth-order valence-electron chi connectivity index (χ4n) is 3.58. The fraction of sp³-hybridized carbons (Fsp3) is 0.0909. The van der Waals surface area contributed by atoms with Crippen LogP contribution in [0.15, 0.2) is 65.7 Å². The van der Waals surface area contributed by atoms with Crippen molar-refractivity contribution in [2.45, 2.75) is 17.7 Å². The first-order valence-electron chi connectivity index (χ1n) is 9.52. The maximum atomic E-state index is 11.6. The molecule has 156 valence electrons. The molecule has 0 unspecified atom stereocenters. The third-order valence-electron chi connectivity index (χ3n) is 5.10. The largest absolute Gasteiger partial charge is 0.324 e. The normalized spacial score (nSPS) is 12.8. The van der Waals surface area contributed by atoms with Crippen molar-refractivity contribution in [1.82, 2.24) is 9.97 Å². The molecule has 31 heavy (non-hydrogen) atoms. The lowest BCUT2D eigenvalue weighted by Gasteiger charge is -2.16. The van der Waals surface area contributed by atoms with Crippen molar-refractivity contribution >= 4 is 44.6 Å². The van der Waals surface area contributed by atoms with E-state index in [1.807, 2.05) is 30.5 Å². The van der Waals surface area contributed by atoms with Crippen LogP contribution in [0, 0.1) is 0 Å². The highest BCUT2D eigenvalue weighted by Gasteiger charge is 2.22. The van der Waals surface area contributed by atoms with Crippen LogP contribution in [0.1, 0.15) is 10.4 Å². The summed E-state index contributed by atoms with van der Waals surface area (Å²) in [7, 11) is -3.79. The second-order valence-electron chi connectivity index (χ2n) is 7.22. The van der Waals surface area contributed by atoms with Crippen molar-refractivity contribution in [2.24, 2.45) is 5.14 Å². The number of fused-ring (bicyclic) bond motifs is 3. The number of nitrogens with two attached hydrogens (primary N) is 1. The van der Waals surface area contributed by atoms with Gasteiger partial charge in [-0.25, -0.2) is 23.5 Å². The molecule has 6 nitrogen and oxygen atoms in total. The number of sulfonamides is 1. The van der Waals surface area contributed by atoms with Gasteiger partial charge in [-0.2, -0.15) is 0 Å². The summed E-state index contributed by atoms with van der Waals surface area (Å²) in [5, 5.41) is 9.03. The van der Waals surface area contributed by atoms with Gasteiger partial charge in [-0.05, 0) is 60.4 Å². The first-order chi connectivity index (χ1) is 14.9. The Morgan fingerprint density at radius 1 is 1.06 bits per heavy atom. The number of nitrogens with zero attached hydrogens (tertiary/aromatic N) is 2. The first kappa shape index (κ1) is 20.1. The number of aryl methyl sites for hydroxylation is 2. The van der Waals surface area contributed by atoms with Gasteiger partial charge in [0.2, 0.25) is 16.0 Å². The highest BCUT2D eigenvalue weighted by atomic mass is 35.5. The van der Waals surface area contributed by atoms with Crippen LogP contribution in [-0.4, -0.2) is 18.4 Å². The molecule has 5 rings (SSSR count). The Morgan fingerprint density at radius 3 is 2.65 bits per heavy atom. The molecular formula is C22H17ClN4O2S2. The SMILES string of the molecule is NS(=O)(=O)c1cccc(Nc2ncc3c(n2)-c2cc(-c4ccc(Cl)cc4)sc2CC3)c1. The number of anilines is 2. The van der Waals surface area contributed by atoms with Gasteiger partial charge in [0.25, 0.3) is 0 Å². The van der Waals surface area contributed by atoms with Crippen LogP contribution in [0.2, 0.25) is 5.02 Å². The average molecular weight is 469 g/mol. The molecule has 0 spiro atoms. The van der Waals surface area contributed by atoms with Crippen molar-refractivity contribution in [3.63, 3.8) is 0 Å². The maximum Gasteiger partial charge on any atom is 0.238 e. The van der Waals surface area contributed by atoms with E-state index in [0.29, 0.717) is 16.7 Å². The third-order valence-corrected chi connectivity index (χ3v) is 7.50. The molecule has 2 heterocycles. The molecule has 1 aliphatic rings. The molecule has 4 aromatic rings. The smallest absolute Gasteiger partial charge is 0.238 e. The summed E-state index contributed by atoms with van der Waals surface area (Å²) in [5.74, 6) is 0.400. The van der Waals surface area contributed by atoms with Crippen molar-refractivity contribution in [3.05, 3.63) is 76.3 Å². The Bertz CT molecular complexity index is 1400. The number of rotatable bonds is 4. The predicted octanol–water partition coefficient (Wildman–Crippen LogP) is 5.02. The van der Waals surface area contributed by atoms with Gasteiger partial charge in [0, 0.05) is 32.2 Å². The van der Waals surface area contributed by atoms with E-state index in [0.717, 1.165) is 35.2 Å². The van der Waals surface area contributed by atoms with Crippen LogP contribution in [0.4, 0.5) is 11.6 Å². The van der Waals surface area contributed by atoms with E-state index in [2.05, 4.69) is 16.4 Å². The summed E-state index contributed by atoms with van der Waals surface area (Å²) in [6.07, 6.45) is 3.66. The van der Waals surface area contributed by atoms with Crippen molar-refractivity contribution in [1.29, 1.82) is 0 Å². The lowest BCUT2D eigenvalue weighted by molar-refractivity contribution is 0.598. The first-order valence-corrected chi connectivity index (χ1v) is 12.3. The van der Waals surface area contributed by atoms with E-state index < -0.39 is 10.0 Å². The molecule has 0 aliphatic heterocycles. The summed E-state index contributed by atoms with van der Waals surface area (Å²) in [6, 6.07) is 16.3. The van der Waals surface area contributed by atoms with Crippen LogP contribution in [0.5, 0.6) is 0 Å². The lowest BCUT2D eigenvalue weighted by Crippen LogP contribution is -2.12. The van der Waals surface area contributed by atoms with Gasteiger partial charge in [0.15, 0.2) is 0 Å². The Hall–Kier alpha value is -2.78. The Labute approximate surface area is 188 Å². The summed E-state index contributed by atoms with van der Waals surface area (Å²) in [4.78, 5) is 11.6. The maximum absolute atomic E-state index is 11.6. The standard InChI is InChI=1S/C22H17ClN4O2S2/c23-15-7-4-13(5-8-15)20-11-18-19(30-20)9-6-14-12-25-22(27-21(14)18)26-16-2-1-3-17(10-16)31(24,28)29/h1-5,7-8,10-12H,6,9H2,(H2,24,28,29)(H,25,26,27). The van der Waals surface area contributed by atoms with E-state index in [9.17, 15) is 8.42 Å². The van der Waals surface area contributed by atoms with E-state index in [1.54, 1.807) is 23.5 Å². The van der Waals surface area contributed by atoms with Gasteiger partial charge < -0.3 is 5.32 Å². The Balaban J connectivity index is 1.49. The highest BCUT2D eigenvalue weighted by molar-refractivity contribution is 7.89. The molecule has 0 bridgehead atoms. The molecule has 0 radical (unpaired) electrons. The zero-order valence-corrected chi connectivity index (χ0v) is 18.6. The minimum absolute atomic E-state index is 0.0307. The molecule has 9 heteroatoms. The molecule has 0 amide bonds. The molecule has 1 aliphatic carbocycles. The predicted molar refractivity (Wildman–Crippen MR) is 124 cm³/mol. The number of primary sulfonamides is 1. The van der Waals surface area contributed by atoms with Crippen LogP contribution in [0.25, 0.3) is 21.7 Å². The molecule has 0 saturated carbocycles. The summed E-state index contributed by atoms with van der Waals surface area (Å²) in [6.45, 7) is 0. The Kier molecular flexibility index (Phi) is 5.02. The number of aromatic nitrogens is 2. The van der Waals surface area contributed by atoms with Crippen molar-refractivity contribution in [3.8, 4) is 21.7 Å². The monoisotopic (exact) mass is 468 g/mol. The second-order valence-corrected chi connectivity index (χ2v) is 10.4. The highest BCUT2D eigenvalue weighted by Crippen LogP contribution is 2.41. The van der Waals surface area contributed by atoms with Crippen molar-refractivity contribution in [2.75, 3.05) is 5.32 Å². The molecule has 0 saturated heterocycles. The van der Waals surface area contributed by atoms with E-state index in [4.69, 9.17) is 21.7 Å². The van der Waals surface area contributed by atoms with E-state index >= 15 is 0 Å². The minimum atomic E-state index is -3.79. The molecule has 2 aromatic heterocycles. The van der Waals surface area contributed by atoms with E-state index in [1.165, 1.54) is 21.9 Å². The van der Waals surface area contributed by atoms with Gasteiger partial charge >= 0.3 is 0 Å². The van der Waals surface area contributed by atoms with Crippen LogP contribution < -0.4 is 10.5 Å².